The van der Waals surface area contributed by atoms with Crippen molar-refractivity contribution in [2.45, 2.75) is 31.6 Å². The van der Waals surface area contributed by atoms with E-state index in [0.717, 1.165) is 15.9 Å². The Kier molecular flexibility index (Phi) is 8.04. The lowest BCUT2D eigenvalue weighted by Gasteiger charge is -2.23. The van der Waals surface area contributed by atoms with Gasteiger partial charge in [-0.25, -0.2) is 12.8 Å². The fourth-order valence-electron chi connectivity index (χ4n) is 3.50. The lowest BCUT2D eigenvalue weighted by molar-refractivity contribution is -0.121. The summed E-state index contributed by atoms with van der Waals surface area (Å²) < 4.78 is 47.6. The monoisotopic (exact) mass is 477 g/mol. The Morgan fingerprint density at radius 1 is 0.970 bits per heavy atom. The fourth-order valence-corrected chi connectivity index (χ4v) is 5.02. The number of amides is 2. The molecule has 1 aliphatic heterocycles. The fraction of sp³-hybridized carbons (Fsp3) is 0.391. The summed E-state index contributed by atoms with van der Waals surface area (Å²) in [4.78, 5) is 24.5. The Morgan fingerprint density at radius 3 is 2.45 bits per heavy atom. The van der Waals surface area contributed by atoms with Gasteiger partial charge in [0.2, 0.25) is 15.9 Å². The molecule has 2 aromatic rings. The molecule has 0 bridgehead atoms. The van der Waals surface area contributed by atoms with Gasteiger partial charge in [-0.05, 0) is 50.1 Å². The van der Waals surface area contributed by atoms with Gasteiger partial charge in [-0.1, -0.05) is 17.7 Å². The number of ether oxygens (including phenoxy) is 1. The molecule has 1 aliphatic rings. The standard InChI is InChI=1S/C23H28FN3O5S/c1-16-5-7-20-18(14-16)23(29)26-9-12-27(11-3-4-22(28)25-10-13-32-20)33(30,31)21-8-6-17(2)15-19(21)24/h5-8,14-15H,3-4,9-13H2,1-2H3,(H,25,28)(H,26,29). The molecule has 10 heteroatoms. The molecule has 33 heavy (non-hydrogen) atoms. The molecule has 0 atom stereocenters. The quantitative estimate of drug-likeness (QED) is 0.690. The van der Waals surface area contributed by atoms with Gasteiger partial charge in [0.05, 0.1) is 12.1 Å². The van der Waals surface area contributed by atoms with Crippen LogP contribution in [0.1, 0.15) is 34.3 Å². The van der Waals surface area contributed by atoms with Gasteiger partial charge in [0.1, 0.15) is 23.1 Å². The number of hydrogen-bond acceptors (Lipinski definition) is 5. The molecule has 0 aliphatic carbocycles. The first-order valence-corrected chi connectivity index (χ1v) is 12.2. The normalized spacial score (nSPS) is 17.1. The molecule has 0 aromatic heterocycles. The minimum absolute atomic E-state index is 0.00508. The molecule has 8 nitrogen and oxygen atoms in total. The Hall–Kier alpha value is -2.98. The van der Waals surface area contributed by atoms with Crippen LogP contribution < -0.4 is 15.4 Å². The molecule has 0 fully saturated rings. The van der Waals surface area contributed by atoms with Crippen LogP contribution in [0, 0.1) is 19.7 Å². The highest BCUT2D eigenvalue weighted by Gasteiger charge is 2.27. The summed E-state index contributed by atoms with van der Waals surface area (Å²) in [6.45, 7) is 3.86. The number of fused-ring (bicyclic) bond motifs is 1. The number of benzene rings is 2. The molecule has 2 aromatic carbocycles. The number of halogens is 1. The Bertz CT molecular complexity index is 1140. The van der Waals surface area contributed by atoms with Crippen molar-refractivity contribution < 1.29 is 27.1 Å². The van der Waals surface area contributed by atoms with E-state index in [-0.39, 0.29) is 51.5 Å². The highest BCUT2D eigenvalue weighted by atomic mass is 32.2. The topological polar surface area (TPSA) is 105 Å². The average Bonchev–Trinajstić information content (AvgIpc) is 2.75. The lowest BCUT2D eigenvalue weighted by Crippen LogP contribution is -2.39. The largest absolute Gasteiger partial charge is 0.491 e. The highest BCUT2D eigenvalue weighted by molar-refractivity contribution is 7.89. The van der Waals surface area contributed by atoms with Crippen LogP contribution in [0.2, 0.25) is 0 Å². The van der Waals surface area contributed by atoms with E-state index in [4.69, 9.17) is 4.74 Å². The van der Waals surface area contributed by atoms with Gasteiger partial charge < -0.3 is 15.4 Å². The molecule has 0 radical (unpaired) electrons. The van der Waals surface area contributed by atoms with Crippen LogP contribution in [0.3, 0.4) is 0 Å². The number of nitrogens with one attached hydrogen (secondary N) is 2. The second-order valence-electron chi connectivity index (χ2n) is 7.90. The van der Waals surface area contributed by atoms with E-state index in [1.165, 1.54) is 12.1 Å². The first-order chi connectivity index (χ1) is 15.7. The zero-order valence-electron chi connectivity index (χ0n) is 18.7. The maximum atomic E-state index is 14.5. The van der Waals surface area contributed by atoms with Gasteiger partial charge >= 0.3 is 0 Å². The number of nitrogens with zero attached hydrogens (tertiary/aromatic N) is 1. The zero-order chi connectivity index (χ0) is 24.0. The van der Waals surface area contributed by atoms with Crippen LogP contribution in [-0.4, -0.2) is 57.3 Å². The van der Waals surface area contributed by atoms with E-state index in [2.05, 4.69) is 10.6 Å². The molecule has 2 N–H and O–H groups in total. The third-order valence-electron chi connectivity index (χ3n) is 5.22. The average molecular weight is 478 g/mol. The molecule has 0 saturated heterocycles. The van der Waals surface area contributed by atoms with Gasteiger partial charge in [0.15, 0.2) is 0 Å². The lowest BCUT2D eigenvalue weighted by atomic mass is 10.1. The molecule has 0 spiro atoms. The number of carbonyl (C=O) groups excluding carboxylic acids is 2. The van der Waals surface area contributed by atoms with E-state index in [1.807, 2.05) is 13.0 Å². The SMILES string of the molecule is Cc1ccc(S(=O)(=O)N2CCCC(=O)NCCOc3ccc(C)cc3C(=O)NCC2)c(F)c1. The van der Waals surface area contributed by atoms with Gasteiger partial charge in [-0.15, -0.1) is 0 Å². The van der Waals surface area contributed by atoms with Crippen molar-refractivity contribution in [3.05, 3.63) is 58.9 Å². The van der Waals surface area contributed by atoms with Crippen molar-refractivity contribution in [3.8, 4) is 5.75 Å². The minimum Gasteiger partial charge on any atom is -0.491 e. The number of hydrogen-bond donors (Lipinski definition) is 2. The molecular weight excluding hydrogens is 449 g/mol. The minimum atomic E-state index is -4.17. The third-order valence-corrected chi connectivity index (χ3v) is 7.16. The smallest absolute Gasteiger partial charge is 0.255 e. The first-order valence-electron chi connectivity index (χ1n) is 10.7. The summed E-state index contributed by atoms with van der Waals surface area (Å²) in [5.41, 5.74) is 1.77. The van der Waals surface area contributed by atoms with Crippen molar-refractivity contribution in [3.63, 3.8) is 0 Å². The molecule has 0 unspecified atom stereocenters. The third kappa shape index (κ3) is 6.29. The van der Waals surface area contributed by atoms with E-state index in [1.54, 1.807) is 19.1 Å². The number of sulfonamides is 1. The van der Waals surface area contributed by atoms with Crippen LogP contribution in [0.15, 0.2) is 41.3 Å². The van der Waals surface area contributed by atoms with Crippen molar-refractivity contribution in [2.24, 2.45) is 0 Å². The van der Waals surface area contributed by atoms with E-state index >= 15 is 0 Å². The summed E-state index contributed by atoms with van der Waals surface area (Å²) in [5.74, 6) is -1.13. The van der Waals surface area contributed by atoms with Gasteiger partial charge in [-0.3, -0.25) is 9.59 Å². The summed E-state index contributed by atoms with van der Waals surface area (Å²) in [6, 6.07) is 9.09. The van der Waals surface area contributed by atoms with Crippen molar-refractivity contribution in [2.75, 3.05) is 32.8 Å². The molecule has 3 rings (SSSR count). The van der Waals surface area contributed by atoms with Crippen molar-refractivity contribution >= 4 is 21.8 Å². The van der Waals surface area contributed by atoms with Gasteiger partial charge in [-0.2, -0.15) is 4.31 Å². The summed E-state index contributed by atoms with van der Waals surface area (Å²) in [6.07, 6.45) is 0.345. The first kappa shape index (κ1) is 24.7. The summed E-state index contributed by atoms with van der Waals surface area (Å²) in [7, 11) is -4.17. The van der Waals surface area contributed by atoms with E-state index < -0.39 is 26.6 Å². The maximum Gasteiger partial charge on any atom is 0.255 e. The second-order valence-corrected chi connectivity index (χ2v) is 9.80. The van der Waals surface area contributed by atoms with Gasteiger partial charge in [0.25, 0.3) is 5.91 Å². The Labute approximate surface area is 193 Å². The van der Waals surface area contributed by atoms with E-state index in [9.17, 15) is 22.4 Å². The van der Waals surface area contributed by atoms with Crippen molar-refractivity contribution in [1.82, 2.24) is 14.9 Å². The molecule has 2 amide bonds. The van der Waals surface area contributed by atoms with Crippen LogP contribution in [0.5, 0.6) is 5.75 Å². The predicted molar refractivity (Wildman–Crippen MR) is 121 cm³/mol. The van der Waals surface area contributed by atoms with Gasteiger partial charge in [0, 0.05) is 26.1 Å². The Balaban J connectivity index is 1.86. The summed E-state index contributed by atoms with van der Waals surface area (Å²) in [5, 5.41) is 5.43. The summed E-state index contributed by atoms with van der Waals surface area (Å²) >= 11 is 0. The Morgan fingerprint density at radius 2 is 1.70 bits per heavy atom. The zero-order valence-corrected chi connectivity index (χ0v) is 19.5. The maximum absolute atomic E-state index is 14.5. The number of aryl methyl sites for hydroxylation is 2. The van der Waals surface area contributed by atoms with Crippen LogP contribution >= 0.6 is 0 Å². The van der Waals surface area contributed by atoms with Crippen LogP contribution in [0.4, 0.5) is 4.39 Å². The van der Waals surface area contributed by atoms with Crippen LogP contribution in [-0.2, 0) is 14.8 Å². The second kappa shape index (κ2) is 10.8. The van der Waals surface area contributed by atoms with Crippen molar-refractivity contribution in [1.29, 1.82) is 0 Å². The number of rotatable bonds is 2. The molecule has 1 heterocycles. The predicted octanol–water partition coefficient (Wildman–Crippen LogP) is 2.15. The number of carbonyl (C=O) groups is 2. The molecule has 178 valence electrons. The molecular formula is C23H28FN3O5S. The van der Waals surface area contributed by atoms with Crippen LogP contribution in [0.25, 0.3) is 0 Å². The molecule has 0 saturated carbocycles. The van der Waals surface area contributed by atoms with E-state index in [0.29, 0.717) is 16.9 Å². The highest BCUT2D eigenvalue weighted by Crippen LogP contribution is 2.22.